The minimum Gasteiger partial charge on any atom is -0.322 e. The van der Waals surface area contributed by atoms with Crippen LogP contribution < -0.4 is 11.1 Å². The van der Waals surface area contributed by atoms with E-state index in [1.165, 1.54) is 11.8 Å². The molecule has 0 aliphatic carbocycles. The second kappa shape index (κ2) is 6.94. The Morgan fingerprint density at radius 2 is 2.62 bits per heavy atom. The van der Waals surface area contributed by atoms with Gasteiger partial charge in [-0.2, -0.15) is 0 Å². The molecule has 0 unspecified atom stereocenters. The molecule has 4 heteroatoms. The van der Waals surface area contributed by atoms with E-state index < -0.39 is 0 Å². The molecule has 0 aromatic carbocycles. The van der Waals surface area contributed by atoms with Gasteiger partial charge in [0.25, 0.3) is 0 Å². The molecule has 0 bridgehead atoms. The van der Waals surface area contributed by atoms with E-state index >= 15 is 0 Å². The Balaban J connectivity index is 2.83. The molecule has 0 saturated heterocycles. The van der Waals surface area contributed by atoms with Crippen LogP contribution in [0.15, 0.2) is 4.99 Å². The van der Waals surface area contributed by atoms with Gasteiger partial charge in [-0.25, -0.2) is 0 Å². The Morgan fingerprint density at radius 3 is 3.12 bits per heavy atom. The summed E-state index contributed by atoms with van der Waals surface area (Å²) in [5, 5.41) is 2.87. The molecule has 8 heavy (non-hydrogen) atoms. The zero-order chi connectivity index (χ0) is 6.24. The van der Waals surface area contributed by atoms with E-state index in [1.54, 1.807) is 5.55 Å². The van der Waals surface area contributed by atoms with Crippen LogP contribution in [0.4, 0.5) is 0 Å². The van der Waals surface area contributed by atoms with Crippen LogP contribution in [0.25, 0.3) is 0 Å². The van der Waals surface area contributed by atoms with Gasteiger partial charge in [0.15, 0.2) is 0 Å². The molecule has 0 rings (SSSR count). The molecule has 3 nitrogen and oxygen atoms in total. The first-order valence-electron chi connectivity index (χ1n) is 2.36. The van der Waals surface area contributed by atoms with Crippen LogP contribution in [0.5, 0.6) is 0 Å². The summed E-state index contributed by atoms with van der Waals surface area (Å²) < 4.78 is 0. The minimum atomic E-state index is 0.604. The first-order chi connectivity index (χ1) is 3.91. The third kappa shape index (κ3) is 5.94. The van der Waals surface area contributed by atoms with Gasteiger partial charge in [-0.1, -0.05) is 11.8 Å². The predicted octanol–water partition coefficient (Wildman–Crippen LogP) is -0.159. The first-order valence-corrected chi connectivity index (χ1v) is 3.41. The van der Waals surface area contributed by atoms with Crippen LogP contribution >= 0.6 is 11.8 Å². The maximum absolute atomic E-state index is 5.16. The number of thioether (sulfide) groups is 1. The molecule has 0 spiro atoms. The Kier molecular flexibility index (Phi) is 6.89. The van der Waals surface area contributed by atoms with Crippen molar-refractivity contribution >= 4 is 17.3 Å². The normalized spacial score (nSPS) is 10.8. The Bertz CT molecular complexity index is 56.3. The number of nitrogens with two attached hydrogens (primary N) is 1. The van der Waals surface area contributed by atoms with Crippen molar-refractivity contribution in [2.75, 3.05) is 19.6 Å². The summed E-state index contributed by atoms with van der Waals surface area (Å²) in [6.45, 7) is 0.674. The number of hydrogen-bond donors (Lipinski definition) is 2. The fourth-order valence-corrected chi connectivity index (χ4v) is 0.490. The largest absolute Gasteiger partial charge is 0.322 e. The van der Waals surface area contributed by atoms with Crippen LogP contribution in [-0.2, 0) is 0 Å². The SMILES string of the molecule is CNCN=CSCN. The van der Waals surface area contributed by atoms with Crippen molar-refractivity contribution in [1.82, 2.24) is 5.32 Å². The zero-order valence-electron chi connectivity index (χ0n) is 4.92. The molecule has 0 saturated carbocycles. The van der Waals surface area contributed by atoms with Crippen molar-refractivity contribution in [3.8, 4) is 0 Å². The van der Waals surface area contributed by atoms with Gasteiger partial charge in [0, 0.05) is 5.88 Å². The van der Waals surface area contributed by atoms with Crippen molar-refractivity contribution in [3.05, 3.63) is 0 Å². The lowest BCUT2D eigenvalue weighted by molar-refractivity contribution is 0.839. The maximum Gasteiger partial charge on any atom is 0.0888 e. The summed E-state index contributed by atoms with van der Waals surface area (Å²) in [6, 6.07) is 0. The molecule has 0 aromatic heterocycles. The molecule has 48 valence electrons. The highest BCUT2D eigenvalue weighted by molar-refractivity contribution is 8.12. The monoisotopic (exact) mass is 133 g/mol. The lowest BCUT2D eigenvalue weighted by atomic mass is 11.1. The Labute approximate surface area is 53.7 Å². The predicted molar refractivity (Wildman–Crippen MR) is 39.1 cm³/mol. The van der Waals surface area contributed by atoms with Crippen molar-refractivity contribution in [2.24, 2.45) is 10.7 Å². The van der Waals surface area contributed by atoms with E-state index in [-0.39, 0.29) is 0 Å². The molecular weight excluding hydrogens is 122 g/mol. The summed E-state index contributed by atoms with van der Waals surface area (Å²) in [7, 11) is 1.85. The van der Waals surface area contributed by atoms with Crippen molar-refractivity contribution < 1.29 is 0 Å². The quantitative estimate of drug-likeness (QED) is 0.318. The van der Waals surface area contributed by atoms with Crippen molar-refractivity contribution in [3.63, 3.8) is 0 Å². The third-order valence-corrected chi connectivity index (χ3v) is 0.985. The highest BCUT2D eigenvalue weighted by Gasteiger charge is 1.70. The summed E-state index contributed by atoms with van der Waals surface area (Å²) in [4.78, 5) is 3.93. The number of rotatable bonds is 4. The fourth-order valence-electron chi connectivity index (χ4n) is 0.224. The van der Waals surface area contributed by atoms with Gasteiger partial charge in [0.2, 0.25) is 0 Å². The standard InChI is InChI=1S/C4H11N3S/c1-6-3-7-4-8-2-5/h4,6H,2-3,5H2,1H3. The minimum absolute atomic E-state index is 0.604. The van der Waals surface area contributed by atoms with Gasteiger partial charge in [0.1, 0.15) is 0 Å². The van der Waals surface area contributed by atoms with Gasteiger partial charge >= 0.3 is 0 Å². The van der Waals surface area contributed by atoms with Crippen LogP contribution in [0, 0.1) is 0 Å². The molecule has 0 atom stereocenters. The van der Waals surface area contributed by atoms with Gasteiger partial charge in [-0.15, -0.1) is 0 Å². The van der Waals surface area contributed by atoms with Crippen LogP contribution in [0.3, 0.4) is 0 Å². The number of aliphatic imine (C=N–C) groups is 1. The summed E-state index contributed by atoms with van der Waals surface area (Å²) in [5.41, 5.74) is 6.91. The molecule has 0 radical (unpaired) electrons. The van der Waals surface area contributed by atoms with E-state index in [4.69, 9.17) is 5.73 Å². The molecule has 0 aromatic rings. The van der Waals surface area contributed by atoms with E-state index in [0.717, 1.165) is 0 Å². The van der Waals surface area contributed by atoms with E-state index in [1.807, 2.05) is 7.05 Å². The van der Waals surface area contributed by atoms with Crippen LogP contribution in [0.1, 0.15) is 0 Å². The number of nitrogens with zero attached hydrogens (tertiary/aromatic N) is 1. The van der Waals surface area contributed by atoms with Gasteiger partial charge in [-0.05, 0) is 7.05 Å². The number of hydrogen-bond acceptors (Lipinski definition) is 4. The first kappa shape index (κ1) is 7.94. The van der Waals surface area contributed by atoms with Crippen LogP contribution in [0.2, 0.25) is 0 Å². The highest BCUT2D eigenvalue weighted by atomic mass is 32.2. The molecule has 0 amide bonds. The van der Waals surface area contributed by atoms with E-state index in [0.29, 0.717) is 12.5 Å². The van der Waals surface area contributed by atoms with Gasteiger partial charge < -0.3 is 11.1 Å². The smallest absolute Gasteiger partial charge is 0.0888 e. The van der Waals surface area contributed by atoms with Crippen molar-refractivity contribution in [2.45, 2.75) is 0 Å². The molecule has 0 heterocycles. The highest BCUT2D eigenvalue weighted by Crippen LogP contribution is 1.85. The zero-order valence-corrected chi connectivity index (χ0v) is 5.74. The van der Waals surface area contributed by atoms with Gasteiger partial charge in [-0.3, -0.25) is 4.99 Å². The van der Waals surface area contributed by atoms with Crippen molar-refractivity contribution in [1.29, 1.82) is 0 Å². The third-order valence-electron chi connectivity index (χ3n) is 0.495. The Hall–Kier alpha value is -0.0600. The van der Waals surface area contributed by atoms with E-state index in [2.05, 4.69) is 10.3 Å². The van der Waals surface area contributed by atoms with Crippen LogP contribution in [-0.4, -0.2) is 25.1 Å². The second-order valence-corrected chi connectivity index (χ2v) is 2.01. The molecule has 0 fully saturated rings. The topological polar surface area (TPSA) is 50.4 Å². The molecular formula is C4H11N3S. The lowest BCUT2D eigenvalue weighted by Crippen LogP contribution is -2.04. The van der Waals surface area contributed by atoms with E-state index in [9.17, 15) is 0 Å². The van der Waals surface area contributed by atoms with Gasteiger partial charge in [0.05, 0.1) is 12.2 Å². The number of nitrogens with one attached hydrogen (secondary N) is 1. The molecule has 0 aliphatic heterocycles. The molecule has 0 aliphatic rings. The summed E-state index contributed by atoms with van der Waals surface area (Å²) >= 11 is 1.49. The molecule has 3 N–H and O–H groups in total. The fraction of sp³-hybridized carbons (Fsp3) is 0.750. The second-order valence-electron chi connectivity index (χ2n) is 1.13. The summed E-state index contributed by atoms with van der Waals surface area (Å²) in [5.74, 6) is 0.604. The Morgan fingerprint density at radius 1 is 1.88 bits per heavy atom. The lowest BCUT2D eigenvalue weighted by Gasteiger charge is -1.86. The summed E-state index contributed by atoms with van der Waals surface area (Å²) in [6.07, 6.45) is 0. The average molecular weight is 133 g/mol. The maximum atomic E-state index is 5.16. The average Bonchev–Trinajstić information content (AvgIpc) is 1.81.